The van der Waals surface area contributed by atoms with Gasteiger partial charge in [-0.15, -0.1) is 0 Å². The van der Waals surface area contributed by atoms with Gasteiger partial charge in [-0.05, 0) is 42.8 Å². The lowest BCUT2D eigenvalue weighted by molar-refractivity contribution is -0.117. The number of benzene rings is 2. The second-order valence-corrected chi connectivity index (χ2v) is 7.26. The Morgan fingerprint density at radius 1 is 1.22 bits per heavy atom. The molecule has 1 amide bonds. The lowest BCUT2D eigenvalue weighted by Crippen LogP contribution is -2.25. The summed E-state index contributed by atoms with van der Waals surface area (Å²) in [6, 6.07) is 9.73. The second kappa shape index (κ2) is 6.94. The largest absolute Gasteiger partial charge is 0.339 e. The summed E-state index contributed by atoms with van der Waals surface area (Å²) < 4.78 is 19.0. The van der Waals surface area contributed by atoms with E-state index in [4.69, 9.17) is 27.7 Å². The molecule has 1 unspecified atom stereocenters. The molecular weight excluding hydrogens is 392 g/mol. The number of hydrogen-bond acceptors (Lipinski definition) is 4. The molecule has 8 heteroatoms. The molecule has 2 heterocycles. The number of rotatable bonds is 3. The second-order valence-electron chi connectivity index (χ2n) is 6.42. The van der Waals surface area contributed by atoms with Crippen LogP contribution in [0.15, 0.2) is 40.9 Å². The fourth-order valence-electron chi connectivity index (χ4n) is 3.13. The first kappa shape index (κ1) is 17.9. The van der Waals surface area contributed by atoms with Gasteiger partial charge in [-0.25, -0.2) is 4.39 Å². The van der Waals surface area contributed by atoms with Gasteiger partial charge in [0, 0.05) is 29.2 Å². The SMILES string of the molecule is Cc1ccc(Cl)cc1N1CC(c2nc(-c3ccc(Cl)c(F)c3)no2)CC1=O. The molecule has 27 heavy (non-hydrogen) atoms. The molecule has 0 radical (unpaired) electrons. The quantitative estimate of drug-likeness (QED) is 0.614. The third-order valence-corrected chi connectivity index (χ3v) is 5.10. The Morgan fingerprint density at radius 2 is 2.04 bits per heavy atom. The summed E-state index contributed by atoms with van der Waals surface area (Å²) in [5.74, 6) is -0.239. The summed E-state index contributed by atoms with van der Waals surface area (Å²) in [5, 5.41) is 4.50. The molecule has 0 bridgehead atoms. The molecule has 2 aromatic carbocycles. The normalized spacial score (nSPS) is 17.0. The van der Waals surface area contributed by atoms with E-state index in [1.54, 1.807) is 23.1 Å². The van der Waals surface area contributed by atoms with Crippen LogP contribution in [0.25, 0.3) is 11.4 Å². The lowest BCUT2D eigenvalue weighted by atomic mass is 10.1. The smallest absolute Gasteiger partial charge is 0.232 e. The number of carbonyl (C=O) groups is 1. The van der Waals surface area contributed by atoms with Crippen LogP contribution in [-0.2, 0) is 4.79 Å². The predicted molar refractivity (Wildman–Crippen MR) is 101 cm³/mol. The minimum absolute atomic E-state index is 0.0244. The monoisotopic (exact) mass is 405 g/mol. The molecule has 138 valence electrons. The molecule has 0 saturated carbocycles. The van der Waals surface area contributed by atoms with Gasteiger partial charge < -0.3 is 9.42 Å². The number of hydrogen-bond donors (Lipinski definition) is 0. The van der Waals surface area contributed by atoms with Crippen molar-refractivity contribution in [2.45, 2.75) is 19.3 Å². The van der Waals surface area contributed by atoms with E-state index in [0.717, 1.165) is 11.3 Å². The standard InChI is InChI=1S/C19H14Cl2FN3O2/c1-10-2-4-13(20)8-16(10)25-9-12(7-17(25)26)19-23-18(24-27-19)11-3-5-14(21)15(22)6-11/h2-6,8,12H,7,9H2,1H3. The first-order valence-electron chi connectivity index (χ1n) is 8.28. The first-order valence-corrected chi connectivity index (χ1v) is 9.03. The van der Waals surface area contributed by atoms with Crippen molar-refractivity contribution in [3.05, 3.63) is 63.7 Å². The van der Waals surface area contributed by atoms with Crippen LogP contribution < -0.4 is 4.90 Å². The van der Waals surface area contributed by atoms with Crippen molar-refractivity contribution < 1.29 is 13.7 Å². The van der Waals surface area contributed by atoms with Gasteiger partial charge in [0.05, 0.1) is 10.9 Å². The summed E-state index contributed by atoms with van der Waals surface area (Å²) >= 11 is 11.8. The zero-order valence-electron chi connectivity index (χ0n) is 14.2. The summed E-state index contributed by atoms with van der Waals surface area (Å²) in [7, 11) is 0. The predicted octanol–water partition coefficient (Wildman–Crippen LogP) is 5.01. The summed E-state index contributed by atoms with van der Waals surface area (Å²) in [4.78, 5) is 18.5. The number of aryl methyl sites for hydroxylation is 1. The van der Waals surface area contributed by atoms with E-state index >= 15 is 0 Å². The zero-order valence-corrected chi connectivity index (χ0v) is 15.8. The first-order chi connectivity index (χ1) is 12.9. The van der Waals surface area contributed by atoms with Crippen molar-refractivity contribution >= 4 is 34.8 Å². The van der Waals surface area contributed by atoms with Crippen molar-refractivity contribution in [3.63, 3.8) is 0 Å². The van der Waals surface area contributed by atoms with Crippen molar-refractivity contribution in [2.75, 3.05) is 11.4 Å². The summed E-state index contributed by atoms with van der Waals surface area (Å²) in [6.07, 6.45) is 0.253. The summed E-state index contributed by atoms with van der Waals surface area (Å²) in [6.45, 7) is 2.34. The van der Waals surface area contributed by atoms with Crippen LogP contribution in [0.4, 0.5) is 10.1 Å². The van der Waals surface area contributed by atoms with Gasteiger partial charge in [0.25, 0.3) is 0 Å². The van der Waals surface area contributed by atoms with Gasteiger partial charge >= 0.3 is 0 Å². The van der Waals surface area contributed by atoms with Crippen LogP contribution in [0.3, 0.4) is 0 Å². The van der Waals surface area contributed by atoms with E-state index in [0.29, 0.717) is 23.0 Å². The Labute approximate surface area is 164 Å². The van der Waals surface area contributed by atoms with Crippen LogP contribution >= 0.6 is 23.2 Å². The topological polar surface area (TPSA) is 59.2 Å². The Balaban J connectivity index is 1.58. The molecule has 1 aliphatic rings. The maximum atomic E-state index is 13.7. The van der Waals surface area contributed by atoms with Gasteiger partial charge in [0.2, 0.25) is 17.6 Å². The van der Waals surface area contributed by atoms with Gasteiger partial charge in [0.15, 0.2) is 0 Å². The highest BCUT2D eigenvalue weighted by Crippen LogP contribution is 2.34. The Hall–Kier alpha value is -2.44. The molecule has 0 N–H and O–H groups in total. The van der Waals surface area contributed by atoms with Crippen molar-refractivity contribution in [3.8, 4) is 11.4 Å². The molecule has 1 saturated heterocycles. The molecule has 5 nitrogen and oxygen atoms in total. The fourth-order valence-corrected chi connectivity index (χ4v) is 3.42. The molecule has 0 aliphatic carbocycles. The minimum Gasteiger partial charge on any atom is -0.339 e. The number of amides is 1. The maximum Gasteiger partial charge on any atom is 0.232 e. The highest BCUT2D eigenvalue weighted by Gasteiger charge is 2.35. The third-order valence-electron chi connectivity index (χ3n) is 4.56. The molecule has 1 aliphatic heterocycles. The molecular formula is C19H14Cl2FN3O2. The molecule has 4 rings (SSSR count). The van der Waals surface area contributed by atoms with E-state index < -0.39 is 5.82 Å². The van der Waals surface area contributed by atoms with Crippen molar-refractivity contribution in [2.24, 2.45) is 0 Å². The van der Waals surface area contributed by atoms with Crippen molar-refractivity contribution in [1.29, 1.82) is 0 Å². The minimum atomic E-state index is -0.556. The van der Waals surface area contributed by atoms with Crippen LogP contribution in [0.1, 0.15) is 23.8 Å². The molecule has 1 atom stereocenters. The lowest BCUT2D eigenvalue weighted by Gasteiger charge is -2.18. The van der Waals surface area contributed by atoms with Gasteiger partial charge in [-0.3, -0.25) is 4.79 Å². The zero-order chi connectivity index (χ0) is 19.1. The van der Waals surface area contributed by atoms with Gasteiger partial charge in [-0.2, -0.15) is 4.98 Å². The van der Waals surface area contributed by atoms with Crippen LogP contribution in [0.5, 0.6) is 0 Å². The average molecular weight is 406 g/mol. The Kier molecular flexibility index (Phi) is 4.61. The average Bonchev–Trinajstić information content (AvgIpc) is 3.26. The molecule has 1 aromatic heterocycles. The fraction of sp³-hybridized carbons (Fsp3) is 0.211. The van der Waals surface area contributed by atoms with E-state index in [9.17, 15) is 9.18 Å². The van der Waals surface area contributed by atoms with Crippen LogP contribution in [-0.4, -0.2) is 22.6 Å². The number of anilines is 1. The van der Waals surface area contributed by atoms with Crippen LogP contribution in [0.2, 0.25) is 10.0 Å². The number of carbonyl (C=O) groups excluding carboxylic acids is 1. The Bertz CT molecular complexity index is 1040. The maximum absolute atomic E-state index is 13.7. The third kappa shape index (κ3) is 3.42. The van der Waals surface area contributed by atoms with E-state index in [2.05, 4.69) is 10.1 Å². The van der Waals surface area contributed by atoms with E-state index in [1.807, 2.05) is 13.0 Å². The highest BCUT2D eigenvalue weighted by molar-refractivity contribution is 6.31. The summed E-state index contributed by atoms with van der Waals surface area (Å²) in [5.41, 5.74) is 2.18. The Morgan fingerprint density at radius 3 is 2.81 bits per heavy atom. The highest BCUT2D eigenvalue weighted by atomic mass is 35.5. The molecule has 0 spiro atoms. The number of halogens is 3. The van der Waals surface area contributed by atoms with Crippen molar-refractivity contribution in [1.82, 2.24) is 10.1 Å². The van der Waals surface area contributed by atoms with Gasteiger partial charge in [-0.1, -0.05) is 34.4 Å². The molecule has 3 aromatic rings. The van der Waals surface area contributed by atoms with Crippen LogP contribution in [0, 0.1) is 12.7 Å². The number of aromatic nitrogens is 2. The number of nitrogens with zero attached hydrogens (tertiary/aromatic N) is 3. The van der Waals surface area contributed by atoms with Gasteiger partial charge in [0.1, 0.15) is 5.82 Å². The van der Waals surface area contributed by atoms with E-state index in [1.165, 1.54) is 12.1 Å². The molecule has 1 fully saturated rings. The van der Waals surface area contributed by atoms with E-state index in [-0.39, 0.29) is 29.1 Å².